The summed E-state index contributed by atoms with van der Waals surface area (Å²) in [6.07, 6.45) is -2.22. The largest absolute Gasteiger partial charge is 0.456 e. The fourth-order valence-electron chi connectivity index (χ4n) is 8.62. The monoisotopic (exact) mass is 958 g/mol. The number of carbonyl (C=O) groups is 5. The van der Waals surface area contributed by atoms with Crippen molar-refractivity contribution in [2.24, 2.45) is 16.8 Å². The van der Waals surface area contributed by atoms with Gasteiger partial charge in [-0.1, -0.05) is 6.92 Å². The molecule has 0 aromatic heterocycles. The number of nitrogens with one attached hydrogen (secondary N) is 1. The third-order valence-electron chi connectivity index (χ3n) is 12.2. The number of aliphatic hydroxyl groups excluding tert-OH is 1. The molecule has 0 spiro atoms. The van der Waals surface area contributed by atoms with Crippen LogP contribution in [0.1, 0.15) is 50.3 Å². The minimum atomic E-state index is -1.08. The number of non-ortho nitro benzene ring substituents is 3. The first kappa shape index (κ1) is 48.5. The van der Waals surface area contributed by atoms with Crippen molar-refractivity contribution in [3.63, 3.8) is 0 Å². The lowest BCUT2D eigenvalue weighted by atomic mass is 9.79. The number of amides is 4. The highest BCUT2D eigenvalue weighted by Gasteiger charge is 2.60. The second-order valence-corrected chi connectivity index (χ2v) is 18.0. The molecule has 0 bridgehead atoms. The summed E-state index contributed by atoms with van der Waals surface area (Å²) in [6.45, 7) is 4.85. The first-order valence-corrected chi connectivity index (χ1v) is 22.3. The third kappa shape index (κ3) is 10.7. The van der Waals surface area contributed by atoms with Crippen molar-refractivity contribution in [1.82, 2.24) is 20.0 Å². The highest BCUT2D eigenvalue weighted by atomic mass is 32.2. The number of nitro benzene ring substituents is 3. The zero-order valence-corrected chi connectivity index (χ0v) is 37.6. The molecule has 7 rings (SSSR count). The molecular formula is C44H46N8O15S. The number of aliphatic hydroxyl groups is 1. The summed E-state index contributed by atoms with van der Waals surface area (Å²) < 4.78 is 16.5. The van der Waals surface area contributed by atoms with Gasteiger partial charge in [0.1, 0.15) is 37.4 Å². The number of thioether (sulfide) groups is 1. The molecule has 3 fully saturated rings. The molecule has 0 aliphatic carbocycles. The quantitative estimate of drug-likeness (QED) is 0.0386. The van der Waals surface area contributed by atoms with Gasteiger partial charge in [0, 0.05) is 78.1 Å². The van der Waals surface area contributed by atoms with E-state index in [-0.39, 0.29) is 62.1 Å². The molecule has 4 heterocycles. The Hall–Kier alpha value is -7.47. The van der Waals surface area contributed by atoms with Crippen LogP contribution in [0.15, 0.2) is 88.4 Å². The lowest BCUT2D eigenvalue weighted by Crippen LogP contribution is -2.63. The van der Waals surface area contributed by atoms with Crippen LogP contribution < -0.4 is 5.32 Å². The van der Waals surface area contributed by atoms with Crippen LogP contribution in [0.5, 0.6) is 0 Å². The number of nitro groups is 3. The number of amidine groups is 1. The number of carbonyl (C=O) groups excluding carboxylic acids is 5. The van der Waals surface area contributed by atoms with E-state index in [4.69, 9.17) is 14.2 Å². The Morgan fingerprint density at radius 1 is 0.824 bits per heavy atom. The van der Waals surface area contributed by atoms with Crippen LogP contribution in [0.25, 0.3) is 0 Å². The molecule has 3 aromatic carbocycles. The van der Waals surface area contributed by atoms with Gasteiger partial charge in [0.15, 0.2) is 0 Å². The van der Waals surface area contributed by atoms with E-state index < -0.39 is 86.1 Å². The van der Waals surface area contributed by atoms with E-state index in [0.29, 0.717) is 40.4 Å². The van der Waals surface area contributed by atoms with Gasteiger partial charge >= 0.3 is 18.2 Å². The topological polar surface area (TPSA) is 297 Å². The zero-order valence-electron chi connectivity index (χ0n) is 36.8. The van der Waals surface area contributed by atoms with Crippen LogP contribution in [0.4, 0.5) is 26.7 Å². The predicted molar refractivity (Wildman–Crippen MR) is 239 cm³/mol. The highest BCUT2D eigenvalue weighted by Crippen LogP contribution is 2.52. The molecule has 7 atom stereocenters. The van der Waals surface area contributed by atoms with Gasteiger partial charge in [-0.25, -0.2) is 14.4 Å². The molecule has 23 nitrogen and oxygen atoms in total. The Morgan fingerprint density at radius 2 is 1.34 bits per heavy atom. The lowest BCUT2D eigenvalue weighted by molar-refractivity contribution is -0.385. The number of benzene rings is 3. The number of β-lactam (4-membered cyclic amide) rings is 1. The standard InChI is InChI=1S/C44H46N8O15S/c1-24-37-36(25(2)53)41(55)49(37)38(42(56)65-21-27-4-10-31(11-5-27)50(59)60)39(24)68-34-18-35(48(20-34)44(58)67-23-29-8-14-33(15-9-29)52(63)64)40(54)46-30-16-17-47(19-30)26(3)45-43(57)66-22-28-6-12-32(13-7-28)51(61)62/h4-15,24-25,30,34-37,53H,16-23H2,1-3H3,(H,46,54)/t24-,25-,30+,34+,35+,36-,37-/m1/s1. The van der Waals surface area contributed by atoms with Crippen LogP contribution >= 0.6 is 11.8 Å². The maximum atomic E-state index is 14.2. The summed E-state index contributed by atoms with van der Waals surface area (Å²) in [4.78, 5) is 108. The molecule has 358 valence electrons. The van der Waals surface area contributed by atoms with Crippen LogP contribution in [-0.2, 0) is 48.4 Å². The first-order valence-electron chi connectivity index (χ1n) is 21.4. The van der Waals surface area contributed by atoms with E-state index >= 15 is 0 Å². The van der Waals surface area contributed by atoms with Crippen molar-refractivity contribution >= 4 is 64.6 Å². The van der Waals surface area contributed by atoms with Gasteiger partial charge in [-0.2, -0.15) is 4.99 Å². The van der Waals surface area contributed by atoms with E-state index in [1.165, 1.54) is 101 Å². The summed E-state index contributed by atoms with van der Waals surface area (Å²) in [5.41, 5.74) is 0.993. The summed E-state index contributed by atoms with van der Waals surface area (Å²) >= 11 is 1.21. The fourth-order valence-corrected chi connectivity index (χ4v) is 10.1. The molecule has 4 aliphatic heterocycles. The number of nitrogens with zero attached hydrogens (tertiary/aromatic N) is 7. The van der Waals surface area contributed by atoms with E-state index in [9.17, 15) is 59.4 Å². The Morgan fingerprint density at radius 3 is 1.85 bits per heavy atom. The van der Waals surface area contributed by atoms with Crippen LogP contribution in [0, 0.1) is 42.2 Å². The molecule has 68 heavy (non-hydrogen) atoms. The fraction of sp³-hybridized carbons (Fsp3) is 0.409. The molecule has 24 heteroatoms. The van der Waals surface area contributed by atoms with Crippen LogP contribution in [0.2, 0.25) is 0 Å². The van der Waals surface area contributed by atoms with Crippen molar-refractivity contribution in [2.45, 2.75) is 82.9 Å². The number of rotatable bonds is 15. The van der Waals surface area contributed by atoms with E-state index in [2.05, 4.69) is 10.3 Å². The SMILES string of the molecule is CC(=NC(=O)OCc1ccc([N+](=O)[O-])cc1)N1CC[C@H](NC(=O)[C@@H]2C[C@H](SC3=C(C(=O)OCc4ccc([N+](=O)[O-])cc4)N4C(=O)[C@H]([C@@H](C)O)[C@H]4[C@H]3C)CN2C(=O)OCc2ccc([N+](=O)[O-])cc2)C1. The Bertz CT molecular complexity index is 2560. The number of fused-ring (bicyclic) bond motifs is 1. The molecule has 0 radical (unpaired) electrons. The molecular weight excluding hydrogens is 913 g/mol. The Balaban J connectivity index is 1.05. The van der Waals surface area contributed by atoms with Gasteiger partial charge in [0.05, 0.1) is 32.8 Å². The van der Waals surface area contributed by atoms with E-state index in [1.54, 1.807) is 11.8 Å². The minimum absolute atomic E-state index is 0.0326. The summed E-state index contributed by atoms with van der Waals surface area (Å²) in [5, 5.41) is 46.3. The second kappa shape index (κ2) is 20.6. The second-order valence-electron chi connectivity index (χ2n) is 16.7. The maximum absolute atomic E-state index is 14.2. The zero-order chi connectivity index (χ0) is 49.0. The third-order valence-corrected chi connectivity index (χ3v) is 13.7. The summed E-state index contributed by atoms with van der Waals surface area (Å²) in [6, 6.07) is 14.3. The minimum Gasteiger partial charge on any atom is -0.456 e. The smallest absolute Gasteiger partial charge is 0.435 e. The lowest BCUT2D eigenvalue weighted by Gasteiger charge is -2.46. The van der Waals surface area contributed by atoms with Gasteiger partial charge in [-0.05, 0) is 79.8 Å². The Kier molecular flexibility index (Phi) is 14.7. The molecule has 0 saturated carbocycles. The molecule has 3 aromatic rings. The number of hydrogen-bond donors (Lipinski definition) is 2. The molecule has 4 aliphatic rings. The van der Waals surface area contributed by atoms with Gasteiger partial charge in [0.25, 0.3) is 17.1 Å². The van der Waals surface area contributed by atoms with Gasteiger partial charge in [0.2, 0.25) is 11.8 Å². The molecule has 4 amide bonds. The van der Waals surface area contributed by atoms with Crippen molar-refractivity contribution in [1.29, 1.82) is 0 Å². The van der Waals surface area contributed by atoms with E-state index in [0.717, 1.165) is 0 Å². The first-order chi connectivity index (χ1) is 32.4. The maximum Gasteiger partial charge on any atom is 0.435 e. The van der Waals surface area contributed by atoms with Crippen LogP contribution in [-0.4, -0.2) is 119 Å². The number of ether oxygens (including phenoxy) is 3. The van der Waals surface area contributed by atoms with Gasteiger partial charge in [-0.15, -0.1) is 11.8 Å². The molecule has 2 N–H and O–H groups in total. The summed E-state index contributed by atoms with van der Waals surface area (Å²) in [7, 11) is 0. The number of hydrogen-bond acceptors (Lipinski definition) is 16. The highest BCUT2D eigenvalue weighted by molar-refractivity contribution is 8.03. The average molecular weight is 959 g/mol. The number of esters is 1. The molecule has 3 saturated heterocycles. The number of likely N-dealkylation sites (tertiary alicyclic amines) is 2. The number of aliphatic imine (C=N–C) groups is 1. The van der Waals surface area contributed by atoms with Crippen LogP contribution in [0.3, 0.4) is 0 Å². The average Bonchev–Trinajstić information content (AvgIpc) is 4.02. The summed E-state index contributed by atoms with van der Waals surface area (Å²) in [5.74, 6) is -2.77. The van der Waals surface area contributed by atoms with Crippen molar-refractivity contribution < 1.29 is 58.1 Å². The van der Waals surface area contributed by atoms with E-state index in [1.807, 2.05) is 6.92 Å². The normalized spacial score (nSPS) is 22.6. The van der Waals surface area contributed by atoms with Crippen molar-refractivity contribution in [2.75, 3.05) is 19.6 Å². The van der Waals surface area contributed by atoms with Crippen molar-refractivity contribution in [3.8, 4) is 0 Å². The predicted octanol–water partition coefficient (Wildman–Crippen LogP) is 4.98. The van der Waals surface area contributed by atoms with Gasteiger partial charge in [-0.3, -0.25) is 44.8 Å². The van der Waals surface area contributed by atoms with Crippen molar-refractivity contribution in [3.05, 3.63) is 130 Å². The van der Waals surface area contributed by atoms with Gasteiger partial charge < -0.3 is 34.4 Å². The Labute approximate surface area is 391 Å². The molecule has 0 unspecified atom stereocenters.